The lowest BCUT2D eigenvalue weighted by Gasteiger charge is -2.42. The van der Waals surface area contributed by atoms with Gasteiger partial charge in [0.2, 0.25) is 70.9 Å². The zero-order valence-corrected chi connectivity index (χ0v) is 64.5. The maximum atomic E-state index is 15.7. The van der Waals surface area contributed by atoms with Crippen molar-refractivity contribution >= 4 is 70.9 Å². The molecule has 3 heterocycles. The molecule has 13 atom stereocenters. The van der Waals surface area contributed by atoms with Crippen LogP contribution in [0.4, 0.5) is 35.1 Å². The van der Waals surface area contributed by atoms with Gasteiger partial charge < -0.3 is 64.8 Å². The average Bonchev–Trinajstić information content (AvgIpc) is 1.70. The van der Waals surface area contributed by atoms with Crippen LogP contribution in [0.25, 0.3) is 0 Å². The lowest BCUT2D eigenvalue weighted by molar-refractivity contribution is -0.219. The lowest BCUT2D eigenvalue weighted by atomic mass is 9.76. The van der Waals surface area contributed by atoms with Crippen LogP contribution in [0, 0.1) is 41.4 Å². The number of carbonyl (C=O) groups excluding carboxylic acids is 12. The van der Waals surface area contributed by atoms with Crippen molar-refractivity contribution in [1.82, 2.24) is 60.0 Å². The highest BCUT2D eigenvalue weighted by Gasteiger charge is 2.56. The summed E-state index contributed by atoms with van der Waals surface area (Å²) in [6.07, 6.45) is -15.8. The molecule has 0 aromatic rings. The van der Waals surface area contributed by atoms with Crippen LogP contribution < -0.4 is 16.0 Å². The van der Waals surface area contributed by atoms with Gasteiger partial charge in [-0.1, -0.05) is 59.8 Å². The van der Waals surface area contributed by atoms with Gasteiger partial charge >= 0.3 is 12.4 Å². The third kappa shape index (κ3) is 20.9. The molecule has 33 heteroatoms. The Labute approximate surface area is 623 Å². The largest absolute Gasteiger partial charge is 0.397 e. The maximum Gasteiger partial charge on any atom is 0.397 e. The number of hydrogen-bond acceptors (Lipinski definition) is 13. The molecule has 2 unspecified atom stereocenters. The number of likely N-dealkylation sites (N-methyl/N-ethyl adjacent to an activating group) is 7. The third-order valence-corrected chi connectivity index (χ3v) is 24.2. The molecule has 4 saturated carbocycles. The van der Waals surface area contributed by atoms with E-state index in [1.54, 1.807) is 34.6 Å². The van der Waals surface area contributed by atoms with Gasteiger partial charge in [0.1, 0.15) is 72.1 Å². The van der Waals surface area contributed by atoms with Crippen molar-refractivity contribution in [2.75, 3.05) is 89.2 Å². The zero-order valence-electron chi connectivity index (χ0n) is 64.5. The molecule has 2 bridgehead atoms. The molecule has 3 saturated heterocycles. The molecule has 606 valence electrons. The fraction of sp³-hybridized carbons (Fsp3) is 0.838. The number of hydrogen-bond donors (Lipinski definition) is 3. The Morgan fingerprint density at radius 3 is 1.78 bits per heavy atom. The molecule has 0 aromatic carbocycles. The Morgan fingerprint density at radius 1 is 0.607 bits per heavy atom. The van der Waals surface area contributed by atoms with Crippen molar-refractivity contribution in [2.45, 2.75) is 267 Å². The van der Waals surface area contributed by atoms with Gasteiger partial charge in [-0.25, -0.2) is 8.78 Å². The van der Waals surface area contributed by atoms with Gasteiger partial charge in [-0.05, 0) is 139 Å². The van der Waals surface area contributed by atoms with Gasteiger partial charge in [-0.15, -0.1) is 0 Å². The molecule has 107 heavy (non-hydrogen) atoms. The van der Waals surface area contributed by atoms with Gasteiger partial charge in [-0.3, -0.25) is 57.5 Å². The van der Waals surface area contributed by atoms with E-state index in [1.165, 1.54) is 71.1 Å². The summed E-state index contributed by atoms with van der Waals surface area (Å²) in [5, 5.41) is 8.43. The number of amides is 12. The van der Waals surface area contributed by atoms with Gasteiger partial charge in [0.25, 0.3) is 0 Å². The van der Waals surface area contributed by atoms with Gasteiger partial charge in [0.15, 0.2) is 0 Å². The van der Waals surface area contributed by atoms with E-state index in [0.29, 0.717) is 51.4 Å². The highest BCUT2D eigenvalue weighted by molar-refractivity contribution is 6.01. The Hall–Kier alpha value is -6.96. The molecule has 3 aliphatic heterocycles. The van der Waals surface area contributed by atoms with Gasteiger partial charge in [0, 0.05) is 82.5 Å². The van der Waals surface area contributed by atoms with Crippen LogP contribution >= 0.6 is 0 Å². The minimum absolute atomic E-state index is 0.00150. The minimum Gasteiger partial charge on any atom is -0.377 e. The molecular formula is C74H116F8N12O13. The molecule has 0 aromatic heterocycles. The number of nitrogens with zero attached hydrogens (tertiary/aromatic N) is 9. The predicted octanol–water partition coefficient (Wildman–Crippen LogP) is 6.18. The van der Waals surface area contributed by atoms with Crippen molar-refractivity contribution < 1.29 is 97.4 Å². The second-order valence-corrected chi connectivity index (χ2v) is 31.9. The molecule has 4 aliphatic carbocycles. The van der Waals surface area contributed by atoms with Gasteiger partial charge in [-0.2, -0.15) is 26.3 Å². The van der Waals surface area contributed by atoms with E-state index in [-0.39, 0.29) is 96.2 Å². The van der Waals surface area contributed by atoms with E-state index in [9.17, 15) is 55.1 Å². The summed E-state index contributed by atoms with van der Waals surface area (Å²) in [6.45, 7) is 6.78. The first-order chi connectivity index (χ1) is 50.1. The molecular weight excluding hydrogens is 1420 g/mol. The van der Waals surface area contributed by atoms with Crippen LogP contribution in [0.1, 0.15) is 182 Å². The van der Waals surface area contributed by atoms with Crippen molar-refractivity contribution in [1.29, 1.82) is 0 Å². The van der Waals surface area contributed by atoms with Crippen LogP contribution in [-0.2, 0) is 62.3 Å². The number of rotatable bonds is 12. The van der Waals surface area contributed by atoms with E-state index >= 15 is 37.5 Å². The van der Waals surface area contributed by atoms with Gasteiger partial charge in [0.05, 0.1) is 31.5 Å². The van der Waals surface area contributed by atoms with E-state index in [1.807, 2.05) is 0 Å². The fourth-order valence-corrected chi connectivity index (χ4v) is 17.5. The summed E-state index contributed by atoms with van der Waals surface area (Å²) in [5.74, 6) is -17.0. The topological polar surface area (TPSA) is 279 Å². The van der Waals surface area contributed by atoms with Crippen LogP contribution in [0.15, 0.2) is 0 Å². The first-order valence-corrected chi connectivity index (χ1v) is 38.4. The van der Waals surface area contributed by atoms with Crippen LogP contribution in [-0.4, -0.2) is 289 Å². The Kier molecular flexibility index (Phi) is 30.3. The summed E-state index contributed by atoms with van der Waals surface area (Å²) < 4.78 is 121. The molecule has 7 fully saturated rings. The minimum atomic E-state index is -5.22. The monoisotopic (exact) mass is 1530 g/mol. The molecule has 12 amide bonds. The molecule has 7 aliphatic rings. The number of fused-ring (bicyclic) bond motifs is 3. The van der Waals surface area contributed by atoms with E-state index in [0.717, 1.165) is 29.4 Å². The second-order valence-electron chi connectivity index (χ2n) is 31.9. The molecule has 7 rings (SSSR count). The van der Waals surface area contributed by atoms with Crippen molar-refractivity contribution in [2.24, 2.45) is 41.4 Å². The Morgan fingerprint density at radius 2 is 1.21 bits per heavy atom. The molecule has 0 radical (unpaired) electrons. The third-order valence-electron chi connectivity index (χ3n) is 24.2. The highest BCUT2D eigenvalue weighted by Crippen LogP contribution is 2.46. The number of ether oxygens (including phenoxy) is 1. The lowest BCUT2D eigenvalue weighted by Crippen LogP contribution is -2.65. The summed E-state index contributed by atoms with van der Waals surface area (Å²) >= 11 is 0. The second kappa shape index (κ2) is 37.2. The van der Waals surface area contributed by atoms with Crippen molar-refractivity contribution in [3.8, 4) is 0 Å². The average molecular weight is 1530 g/mol. The summed E-state index contributed by atoms with van der Waals surface area (Å²) in [7, 11) is 10.9. The predicted molar refractivity (Wildman–Crippen MR) is 377 cm³/mol. The first kappa shape index (κ1) is 87.3. The zero-order chi connectivity index (χ0) is 79.6. The first-order valence-electron chi connectivity index (χ1n) is 38.4. The number of halogens is 8. The number of carbonyl (C=O) groups is 12. The summed E-state index contributed by atoms with van der Waals surface area (Å²) in [4.78, 5) is 191. The number of alkyl halides is 8. The van der Waals surface area contributed by atoms with E-state index in [2.05, 4.69) is 16.0 Å². The normalized spacial score (nSPS) is 32.7. The van der Waals surface area contributed by atoms with Crippen molar-refractivity contribution in [3.63, 3.8) is 0 Å². The Bertz CT molecular complexity index is 3160. The fourth-order valence-electron chi connectivity index (χ4n) is 17.5. The van der Waals surface area contributed by atoms with Crippen molar-refractivity contribution in [3.05, 3.63) is 0 Å². The van der Waals surface area contributed by atoms with Crippen LogP contribution in [0.5, 0.6) is 0 Å². The summed E-state index contributed by atoms with van der Waals surface area (Å²) in [6, 6.07) is -11.2. The quantitative estimate of drug-likeness (QED) is 0.184. The maximum absolute atomic E-state index is 15.7. The van der Waals surface area contributed by atoms with E-state index in [4.69, 9.17) is 4.74 Å². The number of nitrogens with one attached hydrogen (secondary N) is 3. The molecule has 3 N–H and O–H groups in total. The Balaban J connectivity index is 1.32. The molecule has 1 spiro atoms. The molecule has 25 nitrogen and oxygen atoms in total. The van der Waals surface area contributed by atoms with E-state index < -0.39 is 230 Å². The summed E-state index contributed by atoms with van der Waals surface area (Å²) in [5.41, 5.74) is -1.71. The highest BCUT2D eigenvalue weighted by atomic mass is 19.4. The smallest absolute Gasteiger partial charge is 0.377 e. The SMILES string of the molecule is CCO[C@@H]1C[C@H]2C(=O)NC3(CCCC3)C(=O)N(C)[C@@H](C3CCCC3)C(=O)N(C)[C@H](C(=O)N(C)C)CC(=O)N(C)[C@@H](CC)C(=O)N[C@@H]([C@@H](C)CC)C(=O)N(C)CC(=O)N(C)[C@H]3CC[C@@H](C)CN(C3=O)[C@@H](CC3CCC(C(F)(F)F)CC3)C(=O)N(C)CC(=O)N[C@@H](CCC3CC(F)C(C(F)(F)F)C(F)C3)C(=O)N2C1. The van der Waals surface area contributed by atoms with Crippen LogP contribution in [0.2, 0.25) is 0 Å². The van der Waals surface area contributed by atoms with Crippen LogP contribution in [0.3, 0.4) is 0 Å². The standard InChI is InChI=1S/C74H116F8N12O13/c1-14-43(5)61-69(104)88(9)41-59(97)90(11)53-30-23-42(4)38-93(68(53)103)56(35-44-24-27-47(28-25-44)73(77,78)79)67(102)87(8)40-57(95)83-51(29-26-45-33-49(75)60(50(76)34-45)74(80,81)82)65(100)94-39-48(107-16-3)36-54(94)64(99)85-72(31-19-20-32-72)71(106)92(13)62(46-21-17-18-22-46)70(105)91(12)55(66(101)86(6)7)37-58(96)89(10)52(15-2)63(98)84-61/h42-56,60-62H,14-41H2,1-13H3,(H,83,95)(H,84,98)(H,85,99)/t42-,43+,44?,45?,47?,48-,49?,50?,51+,52+,53+,54+,55+,56+,60?,61+,62+/m1/s1.